The van der Waals surface area contributed by atoms with E-state index in [4.69, 9.17) is 14.8 Å². The van der Waals surface area contributed by atoms with Crippen LogP contribution in [-0.4, -0.2) is 23.3 Å². The summed E-state index contributed by atoms with van der Waals surface area (Å²) in [6.07, 6.45) is 6.25. The zero-order valence-electron chi connectivity index (χ0n) is 10.2. The molecule has 0 heterocycles. The van der Waals surface area contributed by atoms with Crippen molar-refractivity contribution in [3.63, 3.8) is 0 Å². The van der Waals surface area contributed by atoms with Crippen LogP contribution in [-0.2, 0) is 0 Å². The molecule has 0 atom stereocenters. The van der Waals surface area contributed by atoms with Crippen LogP contribution < -0.4 is 10.2 Å². The Balaban J connectivity index is 2.10. The van der Waals surface area contributed by atoms with Gasteiger partial charge in [-0.3, -0.25) is 0 Å². The van der Waals surface area contributed by atoms with Gasteiger partial charge in [-0.2, -0.15) is 0 Å². The van der Waals surface area contributed by atoms with E-state index in [1.165, 1.54) is 19.3 Å². The molecule has 3 nitrogen and oxygen atoms in total. The molecular formula is C13H19BO3. The highest BCUT2D eigenvalue weighted by Gasteiger charge is 2.18. The summed E-state index contributed by atoms with van der Waals surface area (Å²) in [5.74, 6) is 0.780. The van der Waals surface area contributed by atoms with Crippen LogP contribution in [0.15, 0.2) is 18.2 Å². The Hall–Kier alpha value is -0.995. The highest BCUT2D eigenvalue weighted by molar-refractivity contribution is 6.58. The summed E-state index contributed by atoms with van der Waals surface area (Å²) in [6.45, 7) is 1.98. The number of aryl methyl sites for hydroxylation is 1. The van der Waals surface area contributed by atoms with E-state index in [1.54, 1.807) is 12.1 Å². The minimum Gasteiger partial charge on any atom is -0.490 e. The van der Waals surface area contributed by atoms with Crippen LogP contribution in [0.2, 0.25) is 0 Å². The monoisotopic (exact) mass is 234 g/mol. The molecule has 1 aliphatic rings. The lowest BCUT2D eigenvalue weighted by Crippen LogP contribution is -2.30. The summed E-state index contributed by atoms with van der Waals surface area (Å²) in [5.41, 5.74) is 1.53. The fourth-order valence-corrected chi connectivity index (χ4v) is 2.27. The number of ether oxygens (including phenoxy) is 1. The second-order valence-electron chi connectivity index (χ2n) is 4.78. The van der Waals surface area contributed by atoms with Gasteiger partial charge >= 0.3 is 7.12 Å². The number of benzene rings is 1. The predicted octanol–water partition coefficient (Wildman–Crippen LogP) is 1.39. The molecule has 0 amide bonds. The molecule has 0 saturated heterocycles. The highest BCUT2D eigenvalue weighted by Crippen LogP contribution is 2.24. The van der Waals surface area contributed by atoms with Gasteiger partial charge in [0.1, 0.15) is 5.75 Å². The highest BCUT2D eigenvalue weighted by atomic mass is 16.5. The van der Waals surface area contributed by atoms with Gasteiger partial charge in [0.15, 0.2) is 0 Å². The fourth-order valence-electron chi connectivity index (χ4n) is 2.27. The van der Waals surface area contributed by atoms with Crippen molar-refractivity contribution in [2.45, 2.75) is 45.1 Å². The molecule has 0 aromatic heterocycles. The maximum Gasteiger partial charge on any atom is 0.488 e. The zero-order valence-corrected chi connectivity index (χ0v) is 10.2. The first kappa shape index (κ1) is 12.5. The summed E-state index contributed by atoms with van der Waals surface area (Å²) in [4.78, 5) is 0. The summed E-state index contributed by atoms with van der Waals surface area (Å²) in [6, 6.07) is 5.31. The average Bonchev–Trinajstić information content (AvgIpc) is 2.33. The first-order valence-corrected chi connectivity index (χ1v) is 6.30. The van der Waals surface area contributed by atoms with Gasteiger partial charge in [-0.05, 0) is 49.7 Å². The molecule has 1 aromatic carbocycles. The Labute approximate surface area is 103 Å². The smallest absolute Gasteiger partial charge is 0.488 e. The molecule has 17 heavy (non-hydrogen) atoms. The zero-order chi connectivity index (χ0) is 12.3. The van der Waals surface area contributed by atoms with E-state index in [-0.39, 0.29) is 6.10 Å². The molecule has 2 rings (SSSR count). The van der Waals surface area contributed by atoms with Gasteiger partial charge in [0.2, 0.25) is 0 Å². The Morgan fingerprint density at radius 2 is 1.88 bits per heavy atom. The van der Waals surface area contributed by atoms with E-state index >= 15 is 0 Å². The fraction of sp³-hybridized carbons (Fsp3) is 0.538. The molecule has 0 aliphatic heterocycles. The van der Waals surface area contributed by atoms with E-state index in [0.29, 0.717) is 5.46 Å². The Morgan fingerprint density at radius 3 is 2.53 bits per heavy atom. The van der Waals surface area contributed by atoms with Crippen molar-refractivity contribution in [3.05, 3.63) is 23.8 Å². The van der Waals surface area contributed by atoms with Crippen LogP contribution >= 0.6 is 0 Å². The van der Waals surface area contributed by atoms with Gasteiger partial charge < -0.3 is 14.8 Å². The average molecular weight is 234 g/mol. The van der Waals surface area contributed by atoms with Gasteiger partial charge in [-0.1, -0.05) is 18.6 Å². The maximum atomic E-state index is 9.14. The third-order valence-electron chi connectivity index (χ3n) is 3.36. The molecule has 92 valence electrons. The summed E-state index contributed by atoms with van der Waals surface area (Å²) in [7, 11) is -1.43. The van der Waals surface area contributed by atoms with Gasteiger partial charge in [-0.15, -0.1) is 0 Å². The van der Waals surface area contributed by atoms with E-state index in [1.807, 2.05) is 13.0 Å². The number of rotatable bonds is 3. The second kappa shape index (κ2) is 5.56. The van der Waals surface area contributed by atoms with Gasteiger partial charge in [0.05, 0.1) is 6.10 Å². The molecule has 4 heteroatoms. The third kappa shape index (κ3) is 3.24. The summed E-state index contributed by atoms with van der Waals surface area (Å²) in [5, 5.41) is 18.3. The molecule has 2 N–H and O–H groups in total. The van der Waals surface area contributed by atoms with Crippen molar-refractivity contribution in [2.24, 2.45) is 0 Å². The lowest BCUT2D eigenvalue weighted by molar-refractivity contribution is 0.154. The van der Waals surface area contributed by atoms with E-state index in [0.717, 1.165) is 24.2 Å². The van der Waals surface area contributed by atoms with E-state index in [9.17, 15) is 0 Å². The largest absolute Gasteiger partial charge is 0.490 e. The van der Waals surface area contributed by atoms with Crippen molar-refractivity contribution in [3.8, 4) is 5.75 Å². The SMILES string of the molecule is Cc1ccc(B(O)O)cc1OC1CCCCC1. The molecular weight excluding hydrogens is 215 g/mol. The van der Waals surface area contributed by atoms with Crippen LogP contribution in [0.3, 0.4) is 0 Å². The normalized spacial score (nSPS) is 16.9. The lowest BCUT2D eigenvalue weighted by Gasteiger charge is -2.24. The van der Waals surface area contributed by atoms with E-state index in [2.05, 4.69) is 0 Å². The molecule has 0 spiro atoms. The second-order valence-corrected chi connectivity index (χ2v) is 4.78. The predicted molar refractivity (Wildman–Crippen MR) is 68.5 cm³/mol. The molecule has 1 aliphatic carbocycles. The van der Waals surface area contributed by atoms with Crippen LogP contribution in [0.4, 0.5) is 0 Å². The van der Waals surface area contributed by atoms with Crippen LogP contribution in [0.1, 0.15) is 37.7 Å². The topological polar surface area (TPSA) is 49.7 Å². The first-order chi connectivity index (χ1) is 8.16. The molecule has 1 fully saturated rings. The molecule has 1 saturated carbocycles. The maximum absolute atomic E-state index is 9.14. The van der Waals surface area contributed by atoms with Crippen LogP contribution in [0, 0.1) is 6.92 Å². The standard InChI is InChI=1S/C13H19BO3/c1-10-7-8-11(14(15)16)9-13(10)17-12-5-3-2-4-6-12/h7-9,12,15-16H,2-6H2,1H3. The van der Waals surface area contributed by atoms with Crippen molar-refractivity contribution >= 4 is 12.6 Å². The Bertz CT molecular complexity index is 373. The molecule has 0 unspecified atom stereocenters. The van der Waals surface area contributed by atoms with Crippen molar-refractivity contribution in [1.29, 1.82) is 0 Å². The van der Waals surface area contributed by atoms with Crippen molar-refractivity contribution in [1.82, 2.24) is 0 Å². The third-order valence-corrected chi connectivity index (χ3v) is 3.36. The Kier molecular flexibility index (Phi) is 4.08. The summed E-state index contributed by atoms with van der Waals surface area (Å²) >= 11 is 0. The van der Waals surface area contributed by atoms with Gasteiger partial charge in [-0.25, -0.2) is 0 Å². The minimum atomic E-state index is -1.43. The number of hydrogen-bond donors (Lipinski definition) is 2. The van der Waals surface area contributed by atoms with Crippen molar-refractivity contribution in [2.75, 3.05) is 0 Å². The van der Waals surface area contributed by atoms with Crippen LogP contribution in [0.25, 0.3) is 0 Å². The quantitative estimate of drug-likeness (QED) is 0.777. The Morgan fingerprint density at radius 1 is 1.18 bits per heavy atom. The van der Waals surface area contributed by atoms with E-state index < -0.39 is 7.12 Å². The lowest BCUT2D eigenvalue weighted by atomic mass is 9.80. The van der Waals surface area contributed by atoms with Gasteiger partial charge in [0, 0.05) is 0 Å². The molecule has 0 bridgehead atoms. The van der Waals surface area contributed by atoms with Crippen LogP contribution in [0.5, 0.6) is 5.75 Å². The molecule has 1 aromatic rings. The van der Waals surface area contributed by atoms with Crippen molar-refractivity contribution < 1.29 is 14.8 Å². The summed E-state index contributed by atoms with van der Waals surface area (Å²) < 4.78 is 5.95. The first-order valence-electron chi connectivity index (χ1n) is 6.30. The minimum absolute atomic E-state index is 0.286. The number of hydrogen-bond acceptors (Lipinski definition) is 3. The van der Waals surface area contributed by atoms with Gasteiger partial charge in [0.25, 0.3) is 0 Å². The molecule has 0 radical (unpaired) electrons.